The Labute approximate surface area is 175 Å². The normalized spacial score (nSPS) is 10.9. The third kappa shape index (κ3) is 4.03. The number of hydrogen-bond acceptors (Lipinski definition) is 4. The summed E-state index contributed by atoms with van der Waals surface area (Å²) in [4.78, 5) is 23.1. The maximum atomic E-state index is 13.0. The lowest BCUT2D eigenvalue weighted by atomic mass is 10.0. The molecule has 30 heavy (non-hydrogen) atoms. The van der Waals surface area contributed by atoms with Crippen LogP contribution in [0, 0.1) is 0 Å². The van der Waals surface area contributed by atoms with Crippen LogP contribution in [0.5, 0.6) is 5.75 Å². The van der Waals surface area contributed by atoms with E-state index in [-0.39, 0.29) is 5.91 Å². The molecule has 4 aromatic rings. The number of aromatic nitrogens is 3. The predicted molar refractivity (Wildman–Crippen MR) is 117 cm³/mol. The molecule has 0 aliphatic rings. The van der Waals surface area contributed by atoms with Crippen molar-refractivity contribution in [2.24, 2.45) is 0 Å². The highest BCUT2D eigenvalue weighted by Crippen LogP contribution is 2.29. The van der Waals surface area contributed by atoms with E-state index >= 15 is 0 Å². The lowest BCUT2D eigenvalue weighted by Crippen LogP contribution is -2.26. The van der Waals surface area contributed by atoms with Crippen molar-refractivity contribution in [1.29, 1.82) is 0 Å². The number of nitrogens with zero attached hydrogens (tertiary/aromatic N) is 4. The van der Waals surface area contributed by atoms with Crippen LogP contribution >= 0.6 is 0 Å². The minimum Gasteiger partial charge on any atom is -0.493 e. The van der Waals surface area contributed by atoms with Gasteiger partial charge in [0.1, 0.15) is 17.9 Å². The number of rotatable bonds is 7. The van der Waals surface area contributed by atoms with Crippen LogP contribution in [0.25, 0.3) is 16.6 Å². The molecule has 152 valence electrons. The fraction of sp³-hybridized carbons (Fsp3) is 0.208. The molecule has 6 heteroatoms. The van der Waals surface area contributed by atoms with Crippen molar-refractivity contribution in [3.8, 4) is 11.6 Å². The van der Waals surface area contributed by atoms with Crippen LogP contribution < -0.4 is 4.74 Å². The van der Waals surface area contributed by atoms with Gasteiger partial charge in [-0.2, -0.15) is 0 Å². The first-order chi connectivity index (χ1) is 14.7. The van der Waals surface area contributed by atoms with Crippen LogP contribution in [0.1, 0.15) is 29.3 Å². The topological polar surface area (TPSA) is 60.2 Å². The van der Waals surface area contributed by atoms with Crippen LogP contribution in [-0.2, 0) is 6.54 Å². The van der Waals surface area contributed by atoms with Crippen molar-refractivity contribution in [2.75, 3.05) is 13.7 Å². The molecule has 0 fully saturated rings. The molecule has 0 saturated carbocycles. The maximum absolute atomic E-state index is 13.0. The van der Waals surface area contributed by atoms with E-state index in [1.54, 1.807) is 41.3 Å². The SMILES string of the molecule is CCCOc1ccc2ccccc2c1CN(C)C(=O)c1ccc(-n2ccnc2)nc1. The summed E-state index contributed by atoms with van der Waals surface area (Å²) in [5.74, 6) is 1.45. The van der Waals surface area contributed by atoms with Gasteiger partial charge in [-0.15, -0.1) is 0 Å². The molecule has 4 rings (SSSR count). The molecule has 0 saturated heterocycles. The van der Waals surface area contributed by atoms with Gasteiger partial charge < -0.3 is 9.64 Å². The maximum Gasteiger partial charge on any atom is 0.255 e. The largest absolute Gasteiger partial charge is 0.493 e. The summed E-state index contributed by atoms with van der Waals surface area (Å²) in [6, 6.07) is 15.8. The number of carbonyl (C=O) groups is 1. The first-order valence-corrected chi connectivity index (χ1v) is 10.0. The van der Waals surface area contributed by atoms with E-state index < -0.39 is 0 Å². The van der Waals surface area contributed by atoms with Crippen molar-refractivity contribution in [1.82, 2.24) is 19.4 Å². The molecule has 2 aromatic heterocycles. The van der Waals surface area contributed by atoms with Gasteiger partial charge in [0.15, 0.2) is 0 Å². The molecule has 2 heterocycles. The Morgan fingerprint density at radius 2 is 2.00 bits per heavy atom. The van der Waals surface area contributed by atoms with Crippen LogP contribution in [0.15, 0.2) is 73.4 Å². The van der Waals surface area contributed by atoms with Gasteiger partial charge in [-0.05, 0) is 35.4 Å². The fourth-order valence-electron chi connectivity index (χ4n) is 3.42. The van der Waals surface area contributed by atoms with Crippen LogP contribution in [-0.4, -0.2) is 39.0 Å². The van der Waals surface area contributed by atoms with Crippen molar-refractivity contribution >= 4 is 16.7 Å². The number of benzene rings is 2. The van der Waals surface area contributed by atoms with Gasteiger partial charge in [-0.1, -0.05) is 37.3 Å². The molecule has 0 atom stereocenters. The summed E-state index contributed by atoms with van der Waals surface area (Å²) >= 11 is 0. The van der Waals surface area contributed by atoms with Crippen molar-refractivity contribution < 1.29 is 9.53 Å². The summed E-state index contributed by atoms with van der Waals surface area (Å²) < 4.78 is 7.78. The van der Waals surface area contributed by atoms with Gasteiger partial charge in [0.2, 0.25) is 0 Å². The van der Waals surface area contributed by atoms with Gasteiger partial charge in [-0.3, -0.25) is 9.36 Å². The summed E-state index contributed by atoms with van der Waals surface area (Å²) in [6.07, 6.45) is 7.71. The zero-order valence-corrected chi connectivity index (χ0v) is 17.2. The second-order valence-electron chi connectivity index (χ2n) is 7.15. The Morgan fingerprint density at radius 1 is 1.13 bits per heavy atom. The lowest BCUT2D eigenvalue weighted by molar-refractivity contribution is 0.0784. The molecule has 0 bridgehead atoms. The molecular weight excluding hydrogens is 376 g/mol. The minimum absolute atomic E-state index is 0.0888. The molecule has 0 aliphatic heterocycles. The van der Waals surface area contributed by atoms with E-state index in [2.05, 4.69) is 35.1 Å². The molecule has 2 aromatic carbocycles. The van der Waals surface area contributed by atoms with Crippen molar-refractivity contribution in [3.05, 3.63) is 84.6 Å². The zero-order chi connectivity index (χ0) is 20.9. The molecule has 1 amide bonds. The quantitative estimate of drug-likeness (QED) is 0.459. The predicted octanol–water partition coefficient (Wildman–Crippen LogP) is 4.48. The monoisotopic (exact) mass is 400 g/mol. The Bertz CT molecular complexity index is 1140. The molecule has 0 unspecified atom stereocenters. The summed E-state index contributed by atoms with van der Waals surface area (Å²) in [5.41, 5.74) is 1.55. The number of amides is 1. The Hall–Kier alpha value is -3.67. The van der Waals surface area contributed by atoms with E-state index in [1.807, 2.05) is 30.5 Å². The average molecular weight is 400 g/mol. The minimum atomic E-state index is -0.0888. The van der Waals surface area contributed by atoms with Crippen LogP contribution in [0.2, 0.25) is 0 Å². The number of imidazole rings is 1. The van der Waals surface area contributed by atoms with E-state index in [0.717, 1.165) is 34.3 Å². The summed E-state index contributed by atoms with van der Waals surface area (Å²) in [6.45, 7) is 3.17. The highest BCUT2D eigenvalue weighted by Gasteiger charge is 2.17. The molecule has 0 N–H and O–H groups in total. The highest BCUT2D eigenvalue weighted by molar-refractivity contribution is 5.94. The summed E-state index contributed by atoms with van der Waals surface area (Å²) in [7, 11) is 1.80. The number of pyridine rings is 1. The lowest BCUT2D eigenvalue weighted by Gasteiger charge is -2.21. The van der Waals surface area contributed by atoms with Gasteiger partial charge in [-0.25, -0.2) is 9.97 Å². The van der Waals surface area contributed by atoms with Crippen molar-refractivity contribution in [3.63, 3.8) is 0 Å². The second kappa shape index (κ2) is 8.78. The Morgan fingerprint density at radius 3 is 2.73 bits per heavy atom. The van der Waals surface area contributed by atoms with Gasteiger partial charge in [0.25, 0.3) is 5.91 Å². The number of hydrogen-bond donors (Lipinski definition) is 0. The molecule has 6 nitrogen and oxygen atoms in total. The van der Waals surface area contributed by atoms with Gasteiger partial charge >= 0.3 is 0 Å². The van der Waals surface area contributed by atoms with Crippen LogP contribution in [0.3, 0.4) is 0 Å². The molecule has 0 aliphatic carbocycles. The standard InChI is InChI=1S/C24H24N4O2/c1-3-14-30-22-10-8-18-6-4-5-7-20(18)21(22)16-27(2)24(29)19-9-11-23(26-15-19)28-13-12-25-17-28/h4-13,15,17H,3,14,16H2,1-2H3. The first-order valence-electron chi connectivity index (χ1n) is 10.0. The average Bonchev–Trinajstić information content (AvgIpc) is 3.33. The second-order valence-corrected chi connectivity index (χ2v) is 7.15. The molecule has 0 spiro atoms. The van der Waals surface area contributed by atoms with E-state index in [1.165, 1.54) is 0 Å². The smallest absolute Gasteiger partial charge is 0.255 e. The molecular formula is C24H24N4O2. The number of ether oxygens (including phenoxy) is 1. The van der Waals surface area contributed by atoms with Gasteiger partial charge in [0.05, 0.1) is 12.2 Å². The van der Waals surface area contributed by atoms with E-state index in [4.69, 9.17) is 4.74 Å². The third-order valence-electron chi connectivity index (χ3n) is 4.97. The Kier molecular flexibility index (Phi) is 5.75. The Balaban J connectivity index is 1.59. The zero-order valence-electron chi connectivity index (χ0n) is 17.2. The van der Waals surface area contributed by atoms with E-state index in [9.17, 15) is 4.79 Å². The third-order valence-corrected chi connectivity index (χ3v) is 4.97. The summed E-state index contributed by atoms with van der Waals surface area (Å²) in [5, 5.41) is 2.22. The first kappa shape index (κ1) is 19.6. The fourth-order valence-corrected chi connectivity index (χ4v) is 3.42. The highest BCUT2D eigenvalue weighted by atomic mass is 16.5. The van der Waals surface area contributed by atoms with Gasteiger partial charge in [0, 0.05) is 37.7 Å². The van der Waals surface area contributed by atoms with Crippen molar-refractivity contribution in [2.45, 2.75) is 19.9 Å². The number of fused-ring (bicyclic) bond motifs is 1. The molecule has 0 radical (unpaired) electrons. The van der Waals surface area contributed by atoms with E-state index in [0.29, 0.717) is 18.7 Å². The van der Waals surface area contributed by atoms with Crippen LogP contribution in [0.4, 0.5) is 0 Å². The number of carbonyl (C=O) groups excluding carboxylic acids is 1.